The molecule has 0 rings (SSSR count). The second kappa shape index (κ2) is 9.20. The highest BCUT2D eigenvalue weighted by Gasteiger charge is 2.10. The van der Waals surface area contributed by atoms with Crippen LogP contribution in [0.4, 0.5) is 0 Å². The Balaban J connectivity index is 3.68. The molecule has 0 saturated carbocycles. The molecule has 0 aromatic carbocycles. The fourth-order valence-corrected chi connectivity index (χ4v) is 1.36. The number of rotatable bonds is 8. The summed E-state index contributed by atoms with van der Waals surface area (Å²) in [4.78, 5) is 13.7. The van der Waals surface area contributed by atoms with Crippen molar-refractivity contribution in [2.24, 2.45) is 0 Å². The molecule has 4 heteroatoms. The molecular formula is C12H23N3O. The molecule has 0 saturated heterocycles. The van der Waals surface area contributed by atoms with Gasteiger partial charge in [0.2, 0.25) is 5.91 Å². The Morgan fingerprint density at radius 3 is 2.56 bits per heavy atom. The first-order valence-corrected chi connectivity index (χ1v) is 5.82. The molecule has 16 heavy (non-hydrogen) atoms. The smallest absolute Gasteiger partial charge is 0.237 e. The number of carbonyl (C=O) groups excluding carboxylic acids is 1. The summed E-state index contributed by atoms with van der Waals surface area (Å²) >= 11 is 0. The molecule has 0 radical (unpaired) electrons. The molecule has 1 atom stereocenters. The number of hydrogen-bond donors (Lipinski definition) is 2. The molecule has 0 spiro atoms. The average Bonchev–Trinajstić information content (AvgIpc) is 2.31. The molecule has 2 N–H and O–H groups in total. The van der Waals surface area contributed by atoms with Crippen LogP contribution in [0.1, 0.15) is 20.8 Å². The number of likely N-dealkylation sites (N-methyl/N-ethyl adjacent to an activating group) is 1. The molecule has 0 aromatic heterocycles. The summed E-state index contributed by atoms with van der Waals surface area (Å²) < 4.78 is 0. The van der Waals surface area contributed by atoms with Gasteiger partial charge in [-0.15, -0.1) is 6.42 Å². The molecule has 1 unspecified atom stereocenters. The molecule has 0 aliphatic carbocycles. The van der Waals surface area contributed by atoms with E-state index >= 15 is 0 Å². The maximum atomic E-state index is 11.4. The Bertz CT molecular complexity index is 231. The lowest BCUT2D eigenvalue weighted by Gasteiger charge is -2.19. The average molecular weight is 225 g/mol. The minimum atomic E-state index is -0.191. The van der Waals surface area contributed by atoms with E-state index in [1.54, 1.807) is 0 Å². The lowest BCUT2D eigenvalue weighted by Crippen LogP contribution is -2.44. The Labute approximate surface area is 98.8 Å². The molecule has 0 fully saturated rings. The van der Waals surface area contributed by atoms with Crippen LogP contribution in [-0.2, 0) is 4.79 Å². The minimum absolute atomic E-state index is 0.0440. The molecule has 0 aromatic rings. The van der Waals surface area contributed by atoms with Crippen LogP contribution in [0.25, 0.3) is 0 Å². The van der Waals surface area contributed by atoms with Crippen LogP contribution in [0.3, 0.4) is 0 Å². The predicted molar refractivity (Wildman–Crippen MR) is 67.1 cm³/mol. The van der Waals surface area contributed by atoms with Gasteiger partial charge in [-0.05, 0) is 20.0 Å². The van der Waals surface area contributed by atoms with Crippen molar-refractivity contribution in [2.45, 2.75) is 26.8 Å². The topological polar surface area (TPSA) is 44.4 Å². The minimum Gasteiger partial charge on any atom is -0.344 e. The van der Waals surface area contributed by atoms with Gasteiger partial charge in [-0.1, -0.05) is 19.8 Å². The van der Waals surface area contributed by atoms with Crippen molar-refractivity contribution < 1.29 is 4.79 Å². The van der Waals surface area contributed by atoms with Crippen molar-refractivity contribution in [2.75, 3.05) is 32.7 Å². The summed E-state index contributed by atoms with van der Waals surface area (Å²) in [5, 5.41) is 5.82. The fraction of sp³-hybridized carbons (Fsp3) is 0.750. The third kappa shape index (κ3) is 6.44. The lowest BCUT2D eigenvalue weighted by molar-refractivity contribution is -0.122. The van der Waals surface area contributed by atoms with E-state index in [1.165, 1.54) is 0 Å². The Hall–Kier alpha value is -1.05. The van der Waals surface area contributed by atoms with Crippen molar-refractivity contribution >= 4 is 5.91 Å². The monoisotopic (exact) mass is 225 g/mol. The van der Waals surface area contributed by atoms with Crippen molar-refractivity contribution in [3.8, 4) is 12.3 Å². The number of nitrogens with one attached hydrogen (secondary N) is 2. The number of nitrogens with zero attached hydrogens (tertiary/aromatic N) is 1. The van der Waals surface area contributed by atoms with Crippen LogP contribution in [0.15, 0.2) is 0 Å². The van der Waals surface area contributed by atoms with Crippen LogP contribution in [-0.4, -0.2) is 49.6 Å². The Morgan fingerprint density at radius 1 is 1.44 bits per heavy atom. The van der Waals surface area contributed by atoms with E-state index in [1.807, 2.05) is 6.92 Å². The molecular weight excluding hydrogens is 202 g/mol. The second-order valence-corrected chi connectivity index (χ2v) is 3.62. The Kier molecular flexibility index (Phi) is 8.59. The zero-order chi connectivity index (χ0) is 12.4. The van der Waals surface area contributed by atoms with Gasteiger partial charge in [0, 0.05) is 13.1 Å². The summed E-state index contributed by atoms with van der Waals surface area (Å²) in [5.41, 5.74) is 0. The quantitative estimate of drug-likeness (QED) is 0.574. The molecule has 4 nitrogen and oxygen atoms in total. The largest absolute Gasteiger partial charge is 0.344 e. The van der Waals surface area contributed by atoms with Crippen LogP contribution >= 0.6 is 0 Å². The van der Waals surface area contributed by atoms with Gasteiger partial charge in [0.1, 0.15) is 0 Å². The van der Waals surface area contributed by atoms with E-state index in [9.17, 15) is 4.79 Å². The van der Waals surface area contributed by atoms with Crippen molar-refractivity contribution in [3.63, 3.8) is 0 Å². The van der Waals surface area contributed by atoms with Crippen LogP contribution < -0.4 is 10.6 Å². The zero-order valence-corrected chi connectivity index (χ0v) is 10.5. The highest BCUT2D eigenvalue weighted by Crippen LogP contribution is 1.86. The SMILES string of the molecule is C#CCNC(=O)C(C)NCCN(CC)CC. The molecule has 0 bridgehead atoms. The first kappa shape index (κ1) is 14.9. The normalized spacial score (nSPS) is 12.2. The van der Waals surface area contributed by atoms with Gasteiger partial charge in [-0.3, -0.25) is 4.79 Å². The van der Waals surface area contributed by atoms with Crippen LogP contribution in [0.2, 0.25) is 0 Å². The first-order valence-electron chi connectivity index (χ1n) is 5.82. The third-order valence-corrected chi connectivity index (χ3v) is 2.53. The number of terminal acetylenes is 1. The summed E-state index contributed by atoms with van der Waals surface area (Å²) in [6, 6.07) is -0.191. The number of carbonyl (C=O) groups is 1. The third-order valence-electron chi connectivity index (χ3n) is 2.53. The first-order chi connectivity index (χ1) is 7.65. The van der Waals surface area contributed by atoms with Crippen molar-refractivity contribution in [1.29, 1.82) is 0 Å². The second-order valence-electron chi connectivity index (χ2n) is 3.62. The van der Waals surface area contributed by atoms with Gasteiger partial charge in [-0.25, -0.2) is 0 Å². The summed E-state index contributed by atoms with van der Waals surface area (Å²) in [5.74, 6) is 2.33. The lowest BCUT2D eigenvalue weighted by atomic mass is 10.3. The number of hydrogen-bond acceptors (Lipinski definition) is 3. The molecule has 0 aliphatic rings. The van der Waals surface area contributed by atoms with E-state index < -0.39 is 0 Å². The van der Waals surface area contributed by atoms with Crippen molar-refractivity contribution in [1.82, 2.24) is 15.5 Å². The van der Waals surface area contributed by atoms with Gasteiger partial charge >= 0.3 is 0 Å². The van der Waals surface area contributed by atoms with E-state index in [4.69, 9.17) is 6.42 Å². The predicted octanol–water partition coefficient (Wildman–Crippen LogP) is 0.0557. The summed E-state index contributed by atoms with van der Waals surface area (Å²) in [7, 11) is 0. The maximum absolute atomic E-state index is 11.4. The zero-order valence-electron chi connectivity index (χ0n) is 10.5. The molecule has 0 aliphatic heterocycles. The van der Waals surface area contributed by atoms with Gasteiger partial charge in [-0.2, -0.15) is 0 Å². The van der Waals surface area contributed by atoms with E-state index in [0.29, 0.717) is 6.54 Å². The highest BCUT2D eigenvalue weighted by atomic mass is 16.2. The van der Waals surface area contributed by atoms with Gasteiger partial charge in [0.05, 0.1) is 12.6 Å². The molecule has 92 valence electrons. The van der Waals surface area contributed by atoms with Gasteiger partial charge < -0.3 is 15.5 Å². The molecule has 1 amide bonds. The Morgan fingerprint density at radius 2 is 2.06 bits per heavy atom. The van der Waals surface area contributed by atoms with Crippen molar-refractivity contribution in [3.05, 3.63) is 0 Å². The number of amides is 1. The summed E-state index contributed by atoms with van der Waals surface area (Å²) in [6.07, 6.45) is 5.06. The van der Waals surface area contributed by atoms with E-state index in [0.717, 1.165) is 26.2 Å². The van der Waals surface area contributed by atoms with E-state index in [-0.39, 0.29) is 11.9 Å². The van der Waals surface area contributed by atoms with Gasteiger partial charge in [0.25, 0.3) is 0 Å². The van der Waals surface area contributed by atoms with Crippen LogP contribution in [0, 0.1) is 12.3 Å². The fourth-order valence-electron chi connectivity index (χ4n) is 1.36. The van der Waals surface area contributed by atoms with Crippen LogP contribution in [0.5, 0.6) is 0 Å². The standard InChI is InChI=1S/C12H23N3O/c1-5-8-14-12(16)11(4)13-9-10-15(6-2)7-3/h1,11,13H,6-10H2,2-4H3,(H,14,16). The maximum Gasteiger partial charge on any atom is 0.237 e. The van der Waals surface area contributed by atoms with E-state index in [2.05, 4.69) is 35.3 Å². The molecule has 0 heterocycles. The van der Waals surface area contributed by atoms with Gasteiger partial charge in [0.15, 0.2) is 0 Å². The highest BCUT2D eigenvalue weighted by molar-refractivity contribution is 5.81. The summed E-state index contributed by atoms with van der Waals surface area (Å²) in [6.45, 7) is 10.2.